The number of anilines is 1. The highest BCUT2D eigenvalue weighted by molar-refractivity contribution is 7.17. The lowest BCUT2D eigenvalue weighted by Crippen LogP contribution is -2.20. The van der Waals surface area contributed by atoms with E-state index in [9.17, 15) is 14.4 Å². The summed E-state index contributed by atoms with van der Waals surface area (Å²) in [4.78, 5) is 38.6. The van der Waals surface area contributed by atoms with E-state index in [0.717, 1.165) is 11.3 Å². The molecule has 23 heavy (non-hydrogen) atoms. The van der Waals surface area contributed by atoms with Crippen LogP contribution in [0.4, 0.5) is 5.13 Å². The number of ether oxygens (including phenoxy) is 2. The lowest BCUT2D eigenvalue weighted by atomic mass is 10.1. The van der Waals surface area contributed by atoms with Crippen LogP contribution >= 0.6 is 11.3 Å². The summed E-state index contributed by atoms with van der Waals surface area (Å²) < 4.78 is 9.88. The molecule has 0 aliphatic heterocycles. The average molecular weight is 334 g/mol. The molecular weight excluding hydrogens is 320 g/mol. The molecule has 0 saturated carbocycles. The third kappa shape index (κ3) is 4.62. The number of aromatic nitrogens is 1. The first kappa shape index (κ1) is 16.6. The number of hydrogen-bond donors (Lipinski definition) is 1. The summed E-state index contributed by atoms with van der Waals surface area (Å²) in [6, 6.07) is 6.56. The summed E-state index contributed by atoms with van der Waals surface area (Å²) in [6.45, 7) is 1.21. The Bertz CT molecular complexity index is 741. The Morgan fingerprint density at radius 2 is 2.09 bits per heavy atom. The summed E-state index contributed by atoms with van der Waals surface area (Å²) in [5.74, 6) is -0.607. The molecule has 2 rings (SSSR count). The Hall–Kier alpha value is -2.74. The molecular formula is C15H14N2O5S. The zero-order chi connectivity index (χ0) is 16.8. The van der Waals surface area contributed by atoms with Crippen LogP contribution in [0.5, 0.6) is 5.75 Å². The van der Waals surface area contributed by atoms with Gasteiger partial charge in [0.05, 0.1) is 13.3 Å². The minimum Gasteiger partial charge on any atom is -0.484 e. The van der Waals surface area contributed by atoms with Crippen LogP contribution in [0.3, 0.4) is 0 Å². The van der Waals surface area contributed by atoms with Crippen molar-refractivity contribution in [2.45, 2.75) is 6.92 Å². The monoisotopic (exact) mass is 334 g/mol. The molecule has 0 aliphatic carbocycles. The molecule has 1 aromatic carbocycles. The lowest BCUT2D eigenvalue weighted by molar-refractivity contribution is -0.118. The smallest absolute Gasteiger partial charge is 0.349 e. The number of rotatable bonds is 6. The molecule has 0 aliphatic rings. The first-order valence-corrected chi connectivity index (χ1v) is 7.39. The second-order valence-corrected chi connectivity index (χ2v) is 5.47. The maximum Gasteiger partial charge on any atom is 0.349 e. The number of carbonyl (C=O) groups is 3. The predicted octanol–water partition coefficient (Wildman–Crippen LogP) is 2.15. The largest absolute Gasteiger partial charge is 0.484 e. The molecule has 0 spiro atoms. The minimum absolute atomic E-state index is 0.0852. The highest BCUT2D eigenvalue weighted by Gasteiger charge is 2.12. The topological polar surface area (TPSA) is 94.6 Å². The Balaban J connectivity index is 1.90. The van der Waals surface area contributed by atoms with Crippen molar-refractivity contribution in [3.8, 4) is 5.75 Å². The number of thiazole rings is 1. The minimum atomic E-state index is -0.514. The third-order valence-electron chi connectivity index (χ3n) is 2.75. The number of amides is 1. The van der Waals surface area contributed by atoms with E-state index in [1.54, 1.807) is 24.3 Å². The van der Waals surface area contributed by atoms with Gasteiger partial charge in [-0.05, 0) is 19.1 Å². The number of ketones is 1. The molecule has 1 aromatic heterocycles. The van der Waals surface area contributed by atoms with Gasteiger partial charge in [-0.15, -0.1) is 0 Å². The first-order chi connectivity index (χ1) is 11.0. The van der Waals surface area contributed by atoms with Crippen molar-refractivity contribution in [3.63, 3.8) is 0 Å². The van der Waals surface area contributed by atoms with E-state index in [1.807, 2.05) is 0 Å². The number of nitrogens with one attached hydrogen (secondary N) is 1. The van der Waals surface area contributed by atoms with Crippen molar-refractivity contribution < 1.29 is 23.9 Å². The molecule has 0 fully saturated rings. The van der Waals surface area contributed by atoms with Gasteiger partial charge >= 0.3 is 5.97 Å². The number of hydrogen-bond acceptors (Lipinski definition) is 7. The van der Waals surface area contributed by atoms with Gasteiger partial charge in [0.25, 0.3) is 5.91 Å². The maximum atomic E-state index is 11.8. The fourth-order valence-electron chi connectivity index (χ4n) is 1.64. The second-order valence-electron chi connectivity index (χ2n) is 4.44. The van der Waals surface area contributed by atoms with Crippen LogP contribution in [0.2, 0.25) is 0 Å². The lowest BCUT2D eigenvalue weighted by Gasteiger charge is -2.06. The third-order valence-corrected chi connectivity index (χ3v) is 3.64. The first-order valence-electron chi connectivity index (χ1n) is 6.57. The van der Waals surface area contributed by atoms with Gasteiger partial charge in [-0.3, -0.25) is 14.9 Å². The molecule has 120 valence electrons. The van der Waals surface area contributed by atoms with Crippen molar-refractivity contribution >= 4 is 34.1 Å². The summed E-state index contributed by atoms with van der Waals surface area (Å²) in [5.41, 5.74) is 0.505. The number of esters is 1. The van der Waals surface area contributed by atoms with Crippen LogP contribution in [-0.2, 0) is 9.53 Å². The predicted molar refractivity (Wildman–Crippen MR) is 84.0 cm³/mol. The van der Waals surface area contributed by atoms with Gasteiger partial charge in [-0.2, -0.15) is 0 Å². The van der Waals surface area contributed by atoms with E-state index in [1.165, 1.54) is 20.2 Å². The zero-order valence-corrected chi connectivity index (χ0v) is 13.3. The van der Waals surface area contributed by atoms with Crippen LogP contribution in [0.25, 0.3) is 0 Å². The van der Waals surface area contributed by atoms with Crippen molar-refractivity contribution in [1.29, 1.82) is 0 Å². The van der Waals surface area contributed by atoms with Crippen LogP contribution in [0.15, 0.2) is 30.5 Å². The van der Waals surface area contributed by atoms with E-state index in [-0.39, 0.29) is 22.4 Å². The van der Waals surface area contributed by atoms with Crippen LogP contribution in [-0.4, -0.2) is 36.4 Å². The Kier molecular flexibility index (Phi) is 5.42. The fraction of sp³-hybridized carbons (Fsp3) is 0.200. The number of benzene rings is 1. The number of nitrogens with zero attached hydrogens (tertiary/aromatic N) is 1. The van der Waals surface area contributed by atoms with Crippen LogP contribution < -0.4 is 10.1 Å². The highest BCUT2D eigenvalue weighted by Crippen LogP contribution is 2.19. The standard InChI is InChI=1S/C15H14N2O5S/c1-9(18)10-4-3-5-11(6-10)22-8-13(19)17-15-16-7-12(23-15)14(20)21-2/h3-7H,8H2,1-2H3,(H,16,17,19). The molecule has 8 heteroatoms. The second kappa shape index (κ2) is 7.50. The van der Waals surface area contributed by atoms with Crippen molar-refractivity contribution in [2.24, 2.45) is 0 Å². The molecule has 7 nitrogen and oxygen atoms in total. The summed E-state index contributed by atoms with van der Waals surface area (Å²) in [5, 5.41) is 2.79. The van der Waals surface area contributed by atoms with Gasteiger partial charge in [-0.25, -0.2) is 9.78 Å². The van der Waals surface area contributed by atoms with Crippen LogP contribution in [0, 0.1) is 0 Å². The van der Waals surface area contributed by atoms with Crippen LogP contribution in [0.1, 0.15) is 27.0 Å². The average Bonchev–Trinajstić information content (AvgIpc) is 3.01. The molecule has 0 atom stereocenters. The Morgan fingerprint density at radius 1 is 1.30 bits per heavy atom. The van der Waals surface area contributed by atoms with Gasteiger partial charge in [0, 0.05) is 5.56 Å². The molecule has 0 saturated heterocycles. The van der Waals surface area contributed by atoms with E-state index in [2.05, 4.69) is 15.0 Å². The molecule has 1 heterocycles. The van der Waals surface area contributed by atoms with E-state index < -0.39 is 11.9 Å². The Morgan fingerprint density at radius 3 is 2.78 bits per heavy atom. The SMILES string of the molecule is COC(=O)c1cnc(NC(=O)COc2cccc(C(C)=O)c2)s1. The van der Waals surface area contributed by atoms with Gasteiger partial charge in [0.1, 0.15) is 10.6 Å². The van der Waals surface area contributed by atoms with Crippen molar-refractivity contribution in [3.05, 3.63) is 40.9 Å². The number of Topliss-reactive ketones (excluding diaryl/α,β-unsaturated/α-hetero) is 1. The van der Waals surface area contributed by atoms with Gasteiger partial charge in [-0.1, -0.05) is 23.5 Å². The quantitative estimate of drug-likeness (QED) is 0.642. The molecule has 0 radical (unpaired) electrons. The van der Waals surface area contributed by atoms with Crippen molar-refractivity contribution in [2.75, 3.05) is 19.0 Å². The molecule has 2 aromatic rings. The molecule has 0 unspecified atom stereocenters. The molecule has 1 N–H and O–H groups in total. The van der Waals surface area contributed by atoms with E-state index in [4.69, 9.17) is 4.74 Å². The summed E-state index contributed by atoms with van der Waals surface area (Å²) in [6.07, 6.45) is 1.32. The zero-order valence-electron chi connectivity index (χ0n) is 12.5. The highest BCUT2D eigenvalue weighted by atomic mass is 32.1. The van der Waals surface area contributed by atoms with E-state index >= 15 is 0 Å². The summed E-state index contributed by atoms with van der Waals surface area (Å²) in [7, 11) is 1.27. The van der Waals surface area contributed by atoms with Gasteiger partial charge in [0.15, 0.2) is 17.5 Å². The number of methoxy groups -OCH3 is 1. The fourth-order valence-corrected chi connectivity index (χ4v) is 2.39. The maximum absolute atomic E-state index is 11.8. The molecule has 0 bridgehead atoms. The molecule has 1 amide bonds. The van der Waals surface area contributed by atoms with Gasteiger partial charge in [0.2, 0.25) is 0 Å². The summed E-state index contributed by atoms with van der Waals surface area (Å²) >= 11 is 1.00. The normalized spacial score (nSPS) is 10.0. The number of carbonyl (C=O) groups excluding carboxylic acids is 3. The van der Waals surface area contributed by atoms with E-state index in [0.29, 0.717) is 11.3 Å². The van der Waals surface area contributed by atoms with Crippen molar-refractivity contribution in [1.82, 2.24) is 4.98 Å². The Labute approximate surface area is 136 Å². The van der Waals surface area contributed by atoms with Gasteiger partial charge < -0.3 is 9.47 Å².